The predicted molar refractivity (Wildman–Crippen MR) is 162 cm³/mol. The summed E-state index contributed by atoms with van der Waals surface area (Å²) in [6.45, 7) is 3.97. The lowest BCUT2D eigenvalue weighted by atomic mass is 10.0. The molecule has 0 saturated carbocycles. The number of ether oxygens (including phenoxy) is 1. The number of aromatic nitrogens is 4. The average Bonchev–Trinajstić information content (AvgIpc) is 3.84. The minimum Gasteiger partial charge on any atom is -0.491 e. The number of fused-ring (bicyclic) bond motifs is 2. The minimum atomic E-state index is -0.128. The van der Waals surface area contributed by atoms with Crippen LogP contribution in [0.3, 0.4) is 0 Å². The van der Waals surface area contributed by atoms with Crippen molar-refractivity contribution in [2.24, 2.45) is 0 Å². The molecule has 2 aliphatic rings. The van der Waals surface area contributed by atoms with Gasteiger partial charge in [0.1, 0.15) is 30.0 Å². The zero-order valence-corrected chi connectivity index (χ0v) is 23.6. The molecular formula is C31H32N8O4. The molecule has 2 amide bonds. The molecule has 220 valence electrons. The number of nitrogens with one attached hydrogen (secondary N) is 2. The first kappa shape index (κ1) is 26.7. The molecule has 1 atom stereocenters. The second-order valence-electron chi connectivity index (χ2n) is 10.8. The summed E-state index contributed by atoms with van der Waals surface area (Å²) in [6, 6.07) is 13.5. The molecular weight excluding hydrogens is 548 g/mol. The van der Waals surface area contributed by atoms with Crippen LogP contribution in [-0.4, -0.2) is 82.5 Å². The maximum absolute atomic E-state index is 12.7. The Morgan fingerprint density at radius 3 is 2.81 bits per heavy atom. The van der Waals surface area contributed by atoms with Gasteiger partial charge >= 0.3 is 6.03 Å². The smallest absolute Gasteiger partial charge is 0.317 e. The molecule has 3 aromatic heterocycles. The van der Waals surface area contributed by atoms with Gasteiger partial charge < -0.3 is 34.2 Å². The van der Waals surface area contributed by atoms with Gasteiger partial charge in [-0.2, -0.15) is 0 Å². The van der Waals surface area contributed by atoms with E-state index in [1.807, 2.05) is 36.4 Å². The average molecular weight is 581 g/mol. The first-order chi connectivity index (χ1) is 21.2. The Hall–Kier alpha value is -5.13. The first-order valence-corrected chi connectivity index (χ1v) is 14.5. The highest BCUT2D eigenvalue weighted by atomic mass is 16.5. The molecule has 2 fully saturated rings. The normalized spacial score (nSPS) is 17.1. The third kappa shape index (κ3) is 5.20. The number of imidazole rings is 1. The van der Waals surface area contributed by atoms with Gasteiger partial charge in [-0.15, -0.1) is 0 Å². The number of aromatic amines is 1. The predicted octanol–water partition coefficient (Wildman–Crippen LogP) is 3.99. The van der Waals surface area contributed by atoms with E-state index in [1.54, 1.807) is 29.9 Å². The van der Waals surface area contributed by atoms with Crippen LogP contribution >= 0.6 is 0 Å². The maximum atomic E-state index is 12.7. The Kier molecular flexibility index (Phi) is 7.23. The highest BCUT2D eigenvalue weighted by molar-refractivity contribution is 6.06. The van der Waals surface area contributed by atoms with Crippen molar-refractivity contribution < 1.29 is 18.7 Å². The third-order valence-corrected chi connectivity index (χ3v) is 8.32. The molecule has 2 saturated heterocycles. The van der Waals surface area contributed by atoms with Crippen molar-refractivity contribution in [1.82, 2.24) is 30.2 Å². The van der Waals surface area contributed by atoms with E-state index in [2.05, 4.69) is 35.1 Å². The lowest BCUT2D eigenvalue weighted by molar-refractivity contribution is 0.112. The van der Waals surface area contributed by atoms with Gasteiger partial charge in [0, 0.05) is 49.4 Å². The molecule has 0 radical (unpaired) electrons. The first-order valence-electron chi connectivity index (χ1n) is 14.5. The number of hydrogen-bond acceptors (Lipinski definition) is 9. The molecule has 5 heterocycles. The molecule has 7 rings (SSSR count). The summed E-state index contributed by atoms with van der Waals surface area (Å²) < 4.78 is 11.8. The number of carbonyl (C=O) groups is 2. The molecule has 2 aliphatic heterocycles. The molecule has 0 unspecified atom stereocenters. The van der Waals surface area contributed by atoms with Crippen LogP contribution in [0, 0.1) is 0 Å². The molecule has 0 aliphatic carbocycles. The standard InChI is InChI=1S/C31H32N8O4/c40-17-24-25(37-11-13-38(14-12-37)31(41)32-16-23-6-3-15-42-23)9-8-21-4-1-7-26(27(21)24)43-18-22-5-2-10-39(22)30-28-29(34-19-33-28)35-20-36-30/h1,3-4,6-9,15,17,19-20,22H,2,5,10-14,16,18H2,(H,32,41)(H,33,34,35,36)/t22-/m1/s1. The number of carbonyl (C=O) groups excluding carboxylic acids is 2. The lowest BCUT2D eigenvalue weighted by Gasteiger charge is -2.36. The molecule has 2 aromatic carbocycles. The Labute approximate surface area is 247 Å². The van der Waals surface area contributed by atoms with Crippen molar-refractivity contribution >= 4 is 45.8 Å². The lowest BCUT2D eigenvalue weighted by Crippen LogP contribution is -2.51. The van der Waals surface area contributed by atoms with Gasteiger partial charge in [0.05, 0.1) is 25.2 Å². The van der Waals surface area contributed by atoms with Crippen LogP contribution in [0.15, 0.2) is 65.8 Å². The number of anilines is 2. The second kappa shape index (κ2) is 11.6. The van der Waals surface area contributed by atoms with Gasteiger partial charge in [0.15, 0.2) is 17.8 Å². The molecule has 12 nitrogen and oxygen atoms in total. The summed E-state index contributed by atoms with van der Waals surface area (Å²) in [5.41, 5.74) is 2.91. The van der Waals surface area contributed by atoms with E-state index in [9.17, 15) is 9.59 Å². The number of furan rings is 1. The van der Waals surface area contributed by atoms with Crippen molar-refractivity contribution in [3.63, 3.8) is 0 Å². The molecule has 2 N–H and O–H groups in total. The Morgan fingerprint density at radius 1 is 1.07 bits per heavy atom. The number of amides is 2. The van der Waals surface area contributed by atoms with Gasteiger partial charge in [0.2, 0.25) is 0 Å². The Balaban J connectivity index is 1.07. The highest BCUT2D eigenvalue weighted by Gasteiger charge is 2.29. The summed E-state index contributed by atoms with van der Waals surface area (Å²) in [6.07, 6.45) is 7.69. The largest absolute Gasteiger partial charge is 0.491 e. The van der Waals surface area contributed by atoms with Gasteiger partial charge in [0.25, 0.3) is 0 Å². The number of benzene rings is 2. The number of rotatable bonds is 8. The fraction of sp³-hybridized carbons (Fsp3) is 0.323. The number of H-pyrrole nitrogens is 1. The number of aldehydes is 1. The van der Waals surface area contributed by atoms with Gasteiger partial charge in [-0.1, -0.05) is 18.2 Å². The molecule has 12 heteroatoms. The van der Waals surface area contributed by atoms with Gasteiger partial charge in [-0.25, -0.2) is 19.7 Å². The third-order valence-electron chi connectivity index (χ3n) is 8.32. The number of hydrogen-bond donors (Lipinski definition) is 2. The van der Waals surface area contributed by atoms with Crippen LogP contribution in [0.5, 0.6) is 5.75 Å². The van der Waals surface area contributed by atoms with Crippen LogP contribution in [-0.2, 0) is 6.54 Å². The molecule has 0 bridgehead atoms. The van der Waals surface area contributed by atoms with Crippen molar-refractivity contribution in [2.75, 3.05) is 49.1 Å². The minimum absolute atomic E-state index is 0.111. The maximum Gasteiger partial charge on any atom is 0.317 e. The fourth-order valence-electron chi connectivity index (χ4n) is 6.15. The molecule has 5 aromatic rings. The van der Waals surface area contributed by atoms with Gasteiger partial charge in [-0.05, 0) is 42.5 Å². The van der Waals surface area contributed by atoms with Crippen LogP contribution in [0.4, 0.5) is 16.3 Å². The van der Waals surface area contributed by atoms with Crippen molar-refractivity contribution in [3.05, 3.63) is 72.7 Å². The van der Waals surface area contributed by atoms with E-state index in [0.717, 1.165) is 53.5 Å². The van der Waals surface area contributed by atoms with E-state index in [-0.39, 0.29) is 12.1 Å². The van der Waals surface area contributed by atoms with Crippen molar-refractivity contribution in [3.8, 4) is 5.75 Å². The summed E-state index contributed by atoms with van der Waals surface area (Å²) in [5, 5.41) is 4.65. The van der Waals surface area contributed by atoms with E-state index >= 15 is 0 Å². The zero-order valence-electron chi connectivity index (χ0n) is 23.6. The van der Waals surface area contributed by atoms with E-state index in [4.69, 9.17) is 9.15 Å². The van der Waals surface area contributed by atoms with E-state index in [1.165, 1.54) is 0 Å². The van der Waals surface area contributed by atoms with Crippen molar-refractivity contribution in [2.45, 2.75) is 25.4 Å². The van der Waals surface area contributed by atoms with Crippen LogP contribution < -0.4 is 19.9 Å². The Morgan fingerprint density at radius 2 is 1.98 bits per heavy atom. The number of urea groups is 1. The summed E-state index contributed by atoms with van der Waals surface area (Å²) in [4.78, 5) is 47.8. The number of nitrogens with zero attached hydrogens (tertiary/aromatic N) is 6. The second-order valence-corrected chi connectivity index (χ2v) is 10.8. The SMILES string of the molecule is O=Cc1c(N2CCN(C(=O)NCc3ccco3)CC2)ccc2cccc(OC[C@H]3CCCN3c3ncnc4[nH]cnc34)c12. The monoisotopic (exact) mass is 580 g/mol. The van der Waals surface area contributed by atoms with Crippen LogP contribution in [0.25, 0.3) is 21.9 Å². The Bertz CT molecular complexity index is 1750. The summed E-state index contributed by atoms with van der Waals surface area (Å²) >= 11 is 0. The quantitative estimate of drug-likeness (QED) is 0.261. The van der Waals surface area contributed by atoms with Crippen LogP contribution in [0.1, 0.15) is 29.0 Å². The summed E-state index contributed by atoms with van der Waals surface area (Å²) in [5.74, 6) is 2.19. The van der Waals surface area contributed by atoms with Crippen molar-refractivity contribution in [1.29, 1.82) is 0 Å². The molecule has 43 heavy (non-hydrogen) atoms. The highest BCUT2D eigenvalue weighted by Crippen LogP contribution is 2.36. The topological polar surface area (TPSA) is 133 Å². The number of piperazine rings is 1. The van der Waals surface area contributed by atoms with E-state index < -0.39 is 0 Å². The zero-order chi connectivity index (χ0) is 29.2. The van der Waals surface area contributed by atoms with Gasteiger partial charge in [-0.3, -0.25) is 4.79 Å². The van der Waals surface area contributed by atoms with E-state index in [0.29, 0.717) is 62.1 Å². The molecule has 0 spiro atoms. The summed E-state index contributed by atoms with van der Waals surface area (Å²) in [7, 11) is 0. The fourth-order valence-corrected chi connectivity index (χ4v) is 6.15. The van der Waals surface area contributed by atoms with Crippen LogP contribution in [0.2, 0.25) is 0 Å².